The molecule has 0 aliphatic carbocycles. The van der Waals surface area contributed by atoms with Gasteiger partial charge in [0, 0.05) is 13.5 Å². The Morgan fingerprint density at radius 1 is 1.13 bits per heavy atom. The van der Waals surface area contributed by atoms with E-state index in [0.717, 1.165) is 5.56 Å². The number of nitrogens with one attached hydrogen (secondary N) is 1. The van der Waals surface area contributed by atoms with Crippen LogP contribution in [0.5, 0.6) is 0 Å². The number of aryl methyl sites for hydroxylation is 1. The zero-order chi connectivity index (χ0) is 27.7. The van der Waals surface area contributed by atoms with E-state index in [2.05, 4.69) is 25.5 Å². The molecule has 38 heavy (non-hydrogen) atoms. The van der Waals surface area contributed by atoms with Crippen molar-refractivity contribution in [3.8, 4) is 34.3 Å². The number of rotatable bonds is 9. The number of nitrogens with zero attached hydrogens (tertiary/aromatic N) is 4. The Hall–Kier alpha value is -3.54. The summed E-state index contributed by atoms with van der Waals surface area (Å²) in [6, 6.07) is 11.1. The molecule has 0 bridgehead atoms. The first-order valence-corrected chi connectivity index (χ1v) is 13.6. The molecule has 0 spiro atoms. The van der Waals surface area contributed by atoms with Gasteiger partial charge in [-0.15, -0.1) is 10.2 Å². The Morgan fingerprint density at radius 3 is 2.45 bits per heavy atom. The van der Waals surface area contributed by atoms with Gasteiger partial charge < -0.3 is 14.8 Å². The van der Waals surface area contributed by atoms with Gasteiger partial charge in [-0.25, -0.2) is 17.8 Å². The molecule has 0 aliphatic heterocycles. The molecule has 1 unspecified atom stereocenters. The van der Waals surface area contributed by atoms with Crippen LogP contribution >= 0.6 is 0 Å². The van der Waals surface area contributed by atoms with E-state index in [9.17, 15) is 17.9 Å². The topological polar surface area (TPSA) is 131 Å². The van der Waals surface area contributed by atoms with E-state index >= 15 is 0 Å². The lowest BCUT2D eigenvalue weighted by atomic mass is 10.0. The molecule has 9 nitrogen and oxygen atoms in total. The van der Waals surface area contributed by atoms with E-state index in [1.807, 2.05) is 0 Å². The molecule has 2 heterocycles. The van der Waals surface area contributed by atoms with Crippen molar-refractivity contribution < 1.29 is 23.8 Å². The van der Waals surface area contributed by atoms with Gasteiger partial charge in [-0.05, 0) is 71.0 Å². The van der Waals surface area contributed by atoms with Crippen molar-refractivity contribution in [2.45, 2.75) is 56.4 Å². The summed E-state index contributed by atoms with van der Waals surface area (Å²) >= 11 is 0. The second kappa shape index (κ2) is 10.7. The monoisotopic (exact) mass is 541 g/mol. The van der Waals surface area contributed by atoms with Gasteiger partial charge in [-0.3, -0.25) is 4.98 Å². The molecule has 4 aromatic rings. The normalized spacial score (nSPS) is 13.0. The van der Waals surface area contributed by atoms with Gasteiger partial charge in [-0.1, -0.05) is 18.2 Å². The molecule has 0 aliphatic rings. The summed E-state index contributed by atoms with van der Waals surface area (Å²) in [7, 11) is -1.84. The third kappa shape index (κ3) is 5.95. The Kier molecular flexibility index (Phi) is 7.73. The summed E-state index contributed by atoms with van der Waals surface area (Å²) in [5, 5.41) is 20.3. The minimum Gasteiger partial charge on any atom is -0.414 e. The highest BCUT2D eigenvalue weighted by Gasteiger charge is 2.29. The van der Waals surface area contributed by atoms with Crippen molar-refractivity contribution in [2.75, 3.05) is 7.05 Å². The second-order valence-electron chi connectivity index (χ2n) is 9.84. The maximum absolute atomic E-state index is 14.6. The van der Waals surface area contributed by atoms with E-state index < -0.39 is 26.5 Å². The van der Waals surface area contributed by atoms with E-state index in [-0.39, 0.29) is 30.1 Å². The molecule has 11 heteroatoms. The number of halogens is 1. The van der Waals surface area contributed by atoms with Gasteiger partial charge in [0.15, 0.2) is 9.84 Å². The first-order chi connectivity index (χ1) is 17.9. The minimum atomic E-state index is -3.63. The van der Waals surface area contributed by atoms with Crippen molar-refractivity contribution >= 4 is 9.84 Å². The summed E-state index contributed by atoms with van der Waals surface area (Å²) in [5.41, 5.74) is 1.85. The van der Waals surface area contributed by atoms with Crippen LogP contribution in [-0.4, -0.2) is 51.6 Å². The fourth-order valence-electron chi connectivity index (χ4n) is 4.13. The van der Waals surface area contributed by atoms with Gasteiger partial charge in [0.25, 0.3) is 11.8 Å². The molecule has 202 valence electrons. The van der Waals surface area contributed by atoms with Crippen molar-refractivity contribution in [1.29, 1.82) is 0 Å². The largest absolute Gasteiger partial charge is 0.414 e. The highest BCUT2D eigenvalue weighted by atomic mass is 32.2. The van der Waals surface area contributed by atoms with Crippen LogP contribution < -0.4 is 5.32 Å². The first-order valence-electron chi connectivity index (χ1n) is 12.1. The van der Waals surface area contributed by atoms with Gasteiger partial charge in [0.2, 0.25) is 0 Å². The van der Waals surface area contributed by atoms with Crippen LogP contribution in [0.2, 0.25) is 0 Å². The molecule has 0 fully saturated rings. The molecule has 0 saturated carbocycles. The van der Waals surface area contributed by atoms with Crippen LogP contribution in [0.1, 0.15) is 39.9 Å². The Bertz CT molecular complexity index is 1550. The molecule has 2 aromatic heterocycles. The minimum absolute atomic E-state index is 0. The molecule has 2 N–H and O–H groups in total. The molecule has 0 saturated heterocycles. The number of hydrogen-bond acceptors (Lipinski definition) is 9. The van der Waals surface area contributed by atoms with E-state index in [0.29, 0.717) is 29.2 Å². The SMILES string of the molecule is CNCc1ccc(-c2nnc(-c3nc(-c4ccc(S(=O)(=O)C(C)CC(C)(C)O)cc4)cnc3C)o2)c(F)c1.[HH]. The van der Waals surface area contributed by atoms with Gasteiger partial charge in [0.1, 0.15) is 11.5 Å². The predicted molar refractivity (Wildman–Crippen MR) is 143 cm³/mol. The van der Waals surface area contributed by atoms with Crippen LogP contribution in [-0.2, 0) is 16.4 Å². The predicted octanol–water partition coefficient (Wildman–Crippen LogP) is 4.60. The number of aliphatic hydroxyl groups is 1. The van der Waals surface area contributed by atoms with Crippen LogP contribution in [0.15, 0.2) is 58.0 Å². The summed E-state index contributed by atoms with van der Waals surface area (Å²) in [4.78, 5) is 9.15. The second-order valence-corrected chi connectivity index (χ2v) is 12.2. The van der Waals surface area contributed by atoms with Crippen molar-refractivity contribution in [3.05, 3.63) is 65.7 Å². The lowest BCUT2D eigenvalue weighted by Crippen LogP contribution is -2.29. The average molecular weight is 542 g/mol. The van der Waals surface area contributed by atoms with Crippen LogP contribution in [0.25, 0.3) is 34.3 Å². The standard InChI is InChI=1S/C27H30FN5O4S.H2/c1-16(13-27(3,4)34)38(35,36)20-9-7-19(8-10-20)23-15-30-17(2)24(31-23)26-33-32-25(37-26)21-11-6-18(14-29-5)12-22(21)28;/h6-12,15-16,29,34H,13-14H2,1-5H3;1H. The van der Waals surface area contributed by atoms with Gasteiger partial charge in [0.05, 0.1) is 38.9 Å². The molecule has 0 amide bonds. The van der Waals surface area contributed by atoms with Crippen LogP contribution in [0.3, 0.4) is 0 Å². The fraction of sp³-hybridized carbons (Fsp3) is 0.333. The Morgan fingerprint density at radius 2 is 1.82 bits per heavy atom. The summed E-state index contributed by atoms with van der Waals surface area (Å²) in [5.74, 6) is -0.364. The maximum atomic E-state index is 14.6. The van der Waals surface area contributed by atoms with Gasteiger partial charge >= 0.3 is 0 Å². The zero-order valence-corrected chi connectivity index (χ0v) is 22.7. The molecule has 1 atom stereocenters. The Labute approximate surface area is 222 Å². The molecule has 0 radical (unpaired) electrons. The maximum Gasteiger partial charge on any atom is 0.268 e. The molecular weight excluding hydrogens is 509 g/mol. The van der Waals surface area contributed by atoms with Crippen molar-refractivity contribution in [2.24, 2.45) is 0 Å². The first kappa shape index (κ1) is 27.5. The molecule has 2 aromatic carbocycles. The molecular formula is C27H32FN5O4S. The van der Waals surface area contributed by atoms with E-state index in [1.54, 1.807) is 65.2 Å². The number of benzene rings is 2. The summed E-state index contributed by atoms with van der Waals surface area (Å²) < 4.78 is 46.3. The quantitative estimate of drug-likeness (QED) is 0.312. The lowest BCUT2D eigenvalue weighted by molar-refractivity contribution is 0.0710. The fourth-order valence-corrected chi connectivity index (χ4v) is 5.73. The summed E-state index contributed by atoms with van der Waals surface area (Å²) in [6.45, 7) is 7.02. The van der Waals surface area contributed by atoms with Gasteiger partial charge in [-0.2, -0.15) is 0 Å². The van der Waals surface area contributed by atoms with Crippen LogP contribution in [0, 0.1) is 12.7 Å². The number of sulfone groups is 1. The molecule has 4 rings (SSSR count). The number of hydrogen-bond donors (Lipinski definition) is 2. The highest BCUT2D eigenvalue weighted by molar-refractivity contribution is 7.92. The van der Waals surface area contributed by atoms with E-state index in [4.69, 9.17) is 4.42 Å². The zero-order valence-electron chi connectivity index (χ0n) is 21.9. The highest BCUT2D eigenvalue weighted by Crippen LogP contribution is 2.29. The van der Waals surface area contributed by atoms with Crippen molar-refractivity contribution in [3.63, 3.8) is 0 Å². The third-order valence-electron chi connectivity index (χ3n) is 6.02. The Balaban J connectivity index is 0.00000420. The average Bonchev–Trinajstić information content (AvgIpc) is 3.33. The van der Waals surface area contributed by atoms with E-state index in [1.165, 1.54) is 18.2 Å². The van der Waals surface area contributed by atoms with Crippen molar-refractivity contribution in [1.82, 2.24) is 25.5 Å². The third-order valence-corrected chi connectivity index (χ3v) is 8.18. The van der Waals surface area contributed by atoms with Crippen LogP contribution in [0.4, 0.5) is 4.39 Å². The summed E-state index contributed by atoms with van der Waals surface area (Å²) in [6.07, 6.45) is 1.68. The lowest BCUT2D eigenvalue weighted by Gasteiger charge is -2.22. The number of aromatic nitrogens is 4. The smallest absolute Gasteiger partial charge is 0.268 e.